The molecule has 21 heavy (non-hydrogen) atoms. The lowest BCUT2D eigenvalue weighted by molar-refractivity contribution is 0.102. The molecule has 2 rings (SSSR count). The Morgan fingerprint density at radius 2 is 1.95 bits per heavy atom. The lowest BCUT2D eigenvalue weighted by Gasteiger charge is -2.11. The van der Waals surface area contributed by atoms with Crippen molar-refractivity contribution in [1.82, 2.24) is 4.98 Å². The number of aromatic nitrogens is 1. The predicted octanol–water partition coefficient (Wildman–Crippen LogP) is 2.97. The number of amides is 1. The minimum absolute atomic E-state index is 0.0284. The molecule has 1 amide bonds. The maximum absolute atomic E-state index is 13.7. The number of anilines is 2. The lowest BCUT2D eigenvalue weighted by atomic mass is 10.2. The van der Waals surface area contributed by atoms with Crippen molar-refractivity contribution < 1.29 is 13.6 Å². The summed E-state index contributed by atoms with van der Waals surface area (Å²) in [6.45, 7) is 1.73. The molecule has 0 saturated heterocycles. The molecule has 0 bridgehead atoms. The van der Waals surface area contributed by atoms with E-state index in [0.717, 1.165) is 12.1 Å². The first-order valence-corrected chi connectivity index (χ1v) is 6.61. The highest BCUT2D eigenvalue weighted by molar-refractivity contribution is 9.10. The zero-order chi connectivity index (χ0) is 15.6. The van der Waals surface area contributed by atoms with Gasteiger partial charge in [0.2, 0.25) is 0 Å². The monoisotopic (exact) mass is 356 g/mol. The van der Waals surface area contributed by atoms with Crippen LogP contribution < -0.4 is 16.6 Å². The number of nitrogen functional groups attached to an aromatic ring is 1. The minimum atomic E-state index is -0.765. The molecule has 8 heteroatoms. The van der Waals surface area contributed by atoms with E-state index in [1.807, 2.05) is 0 Å². The fourth-order valence-electron chi connectivity index (χ4n) is 1.67. The number of aryl methyl sites for hydroxylation is 1. The van der Waals surface area contributed by atoms with Gasteiger partial charge in [0.25, 0.3) is 5.91 Å². The van der Waals surface area contributed by atoms with E-state index in [2.05, 4.69) is 31.7 Å². The van der Waals surface area contributed by atoms with Crippen molar-refractivity contribution in [2.24, 2.45) is 5.84 Å². The number of nitrogens with two attached hydrogens (primary N) is 1. The smallest absolute Gasteiger partial charge is 0.259 e. The molecule has 1 aromatic carbocycles. The average molecular weight is 357 g/mol. The maximum atomic E-state index is 13.7. The second-order valence-corrected chi connectivity index (χ2v) is 5.07. The second-order valence-electron chi connectivity index (χ2n) is 4.22. The molecule has 0 spiro atoms. The quantitative estimate of drug-likeness (QED) is 0.448. The van der Waals surface area contributed by atoms with Crippen LogP contribution in [-0.4, -0.2) is 10.9 Å². The van der Waals surface area contributed by atoms with Crippen molar-refractivity contribution in [2.75, 3.05) is 10.7 Å². The Hall–Kier alpha value is -2.06. The predicted molar refractivity (Wildman–Crippen MR) is 78.8 cm³/mol. The number of hydrogen-bond donors (Lipinski definition) is 3. The van der Waals surface area contributed by atoms with Crippen molar-refractivity contribution in [3.63, 3.8) is 0 Å². The molecule has 1 aromatic heterocycles. The van der Waals surface area contributed by atoms with Gasteiger partial charge in [0.05, 0.1) is 21.4 Å². The Labute approximate surface area is 127 Å². The molecular formula is C13H11BrF2N4O. The van der Waals surface area contributed by atoms with E-state index in [9.17, 15) is 13.6 Å². The molecule has 5 nitrogen and oxygen atoms in total. The SMILES string of the molecule is Cc1cc(NN)c(C(=O)Nc2cc(F)c(Br)cc2F)cn1. The zero-order valence-corrected chi connectivity index (χ0v) is 12.5. The number of hydrogen-bond acceptors (Lipinski definition) is 4. The van der Waals surface area contributed by atoms with E-state index in [-0.39, 0.29) is 15.7 Å². The molecule has 0 fully saturated rings. The first kappa shape index (κ1) is 15.3. The summed E-state index contributed by atoms with van der Waals surface area (Å²) >= 11 is 2.86. The van der Waals surface area contributed by atoms with Crippen LogP contribution in [0.2, 0.25) is 0 Å². The average Bonchev–Trinajstić information content (AvgIpc) is 2.44. The molecule has 0 aliphatic heterocycles. The van der Waals surface area contributed by atoms with Gasteiger partial charge < -0.3 is 10.7 Å². The van der Waals surface area contributed by atoms with Crippen LogP contribution >= 0.6 is 15.9 Å². The van der Waals surface area contributed by atoms with Crippen LogP contribution in [-0.2, 0) is 0 Å². The molecule has 0 radical (unpaired) electrons. The van der Waals surface area contributed by atoms with Gasteiger partial charge in [-0.3, -0.25) is 15.6 Å². The Balaban J connectivity index is 2.32. The number of nitrogens with zero attached hydrogens (tertiary/aromatic N) is 1. The van der Waals surface area contributed by atoms with E-state index < -0.39 is 17.5 Å². The third-order valence-corrected chi connectivity index (χ3v) is 3.31. The van der Waals surface area contributed by atoms with Crippen LogP contribution in [0.5, 0.6) is 0 Å². The lowest BCUT2D eigenvalue weighted by Crippen LogP contribution is -2.18. The highest BCUT2D eigenvalue weighted by Crippen LogP contribution is 2.24. The fourth-order valence-corrected chi connectivity index (χ4v) is 1.98. The standard InChI is InChI=1S/C13H11BrF2N4O/c1-6-2-11(20-17)7(5-18-6)13(21)19-12-4-9(15)8(14)3-10(12)16/h2-5H,17H2,1H3,(H,18,20)(H,19,21). The van der Waals surface area contributed by atoms with Crippen LogP contribution in [0.15, 0.2) is 28.9 Å². The van der Waals surface area contributed by atoms with Gasteiger partial charge in [0.15, 0.2) is 0 Å². The van der Waals surface area contributed by atoms with Gasteiger partial charge in [-0.25, -0.2) is 8.78 Å². The third-order valence-electron chi connectivity index (χ3n) is 2.70. The summed E-state index contributed by atoms with van der Waals surface area (Å²) in [5.74, 6) is 3.22. The van der Waals surface area contributed by atoms with E-state index in [1.165, 1.54) is 6.20 Å². The van der Waals surface area contributed by atoms with E-state index in [4.69, 9.17) is 5.84 Å². The molecule has 0 unspecified atom stereocenters. The minimum Gasteiger partial charge on any atom is -0.323 e. The first-order chi connectivity index (χ1) is 9.92. The normalized spacial score (nSPS) is 10.3. The molecule has 4 N–H and O–H groups in total. The summed E-state index contributed by atoms with van der Waals surface area (Å²) in [6, 6.07) is 3.38. The van der Waals surface area contributed by atoms with E-state index in [1.54, 1.807) is 13.0 Å². The molecular weight excluding hydrogens is 346 g/mol. The largest absolute Gasteiger partial charge is 0.323 e. The van der Waals surface area contributed by atoms with E-state index in [0.29, 0.717) is 11.4 Å². The molecule has 1 heterocycles. The Bertz CT molecular complexity index is 709. The number of hydrazine groups is 1. The van der Waals surface area contributed by atoms with E-state index >= 15 is 0 Å². The Morgan fingerprint density at radius 1 is 1.24 bits per heavy atom. The highest BCUT2D eigenvalue weighted by atomic mass is 79.9. The van der Waals surface area contributed by atoms with Crippen molar-refractivity contribution in [3.8, 4) is 0 Å². The van der Waals surface area contributed by atoms with Gasteiger partial charge in [-0.15, -0.1) is 0 Å². The number of carbonyl (C=O) groups is 1. The summed E-state index contributed by atoms with van der Waals surface area (Å²) in [6.07, 6.45) is 1.30. The molecule has 0 aliphatic rings. The van der Waals surface area contributed by atoms with Gasteiger partial charge in [-0.2, -0.15) is 0 Å². The van der Waals surface area contributed by atoms with Crippen LogP contribution in [0.4, 0.5) is 20.2 Å². The van der Waals surface area contributed by atoms with Crippen molar-refractivity contribution >= 4 is 33.2 Å². The number of rotatable bonds is 3. The number of carbonyl (C=O) groups excluding carboxylic acids is 1. The third kappa shape index (κ3) is 3.34. The van der Waals surface area contributed by atoms with Gasteiger partial charge in [-0.1, -0.05) is 0 Å². The van der Waals surface area contributed by atoms with Crippen LogP contribution in [0.25, 0.3) is 0 Å². The molecule has 0 aliphatic carbocycles. The Kier molecular flexibility index (Phi) is 4.49. The maximum Gasteiger partial charge on any atom is 0.259 e. The first-order valence-electron chi connectivity index (χ1n) is 5.81. The van der Waals surface area contributed by atoms with Crippen molar-refractivity contribution in [2.45, 2.75) is 6.92 Å². The highest BCUT2D eigenvalue weighted by Gasteiger charge is 2.15. The zero-order valence-electron chi connectivity index (χ0n) is 10.9. The van der Waals surface area contributed by atoms with Gasteiger partial charge >= 0.3 is 0 Å². The van der Waals surface area contributed by atoms with Gasteiger partial charge in [0.1, 0.15) is 11.6 Å². The second kappa shape index (κ2) is 6.15. The molecule has 0 saturated carbocycles. The summed E-state index contributed by atoms with van der Waals surface area (Å²) < 4.78 is 27.1. The molecule has 2 aromatic rings. The summed E-state index contributed by atoms with van der Waals surface area (Å²) in [4.78, 5) is 16.1. The molecule has 0 atom stereocenters. The summed E-state index contributed by atoms with van der Waals surface area (Å²) in [5, 5.41) is 2.28. The topological polar surface area (TPSA) is 80.0 Å². The summed E-state index contributed by atoms with van der Waals surface area (Å²) in [7, 11) is 0. The van der Waals surface area contributed by atoms with Crippen molar-refractivity contribution in [3.05, 3.63) is 51.8 Å². The number of benzene rings is 1. The number of halogens is 3. The van der Waals surface area contributed by atoms with Gasteiger partial charge in [-0.05, 0) is 35.0 Å². The molecule has 110 valence electrons. The fraction of sp³-hybridized carbons (Fsp3) is 0.0769. The van der Waals surface area contributed by atoms with Crippen molar-refractivity contribution in [1.29, 1.82) is 0 Å². The van der Waals surface area contributed by atoms with Crippen LogP contribution in [0.1, 0.15) is 16.1 Å². The number of pyridine rings is 1. The van der Waals surface area contributed by atoms with Gasteiger partial charge in [0, 0.05) is 18.0 Å². The Morgan fingerprint density at radius 3 is 2.62 bits per heavy atom. The number of nitrogens with one attached hydrogen (secondary N) is 2. The van der Waals surface area contributed by atoms with Crippen LogP contribution in [0, 0.1) is 18.6 Å². The summed E-state index contributed by atoms with van der Waals surface area (Å²) in [5.41, 5.74) is 3.19. The van der Waals surface area contributed by atoms with Crippen LogP contribution in [0.3, 0.4) is 0 Å².